The number of amides is 1. The summed E-state index contributed by atoms with van der Waals surface area (Å²) in [5.41, 5.74) is 2.62. The number of carbonyl (C=O) groups excluding carboxylic acids is 1. The van der Waals surface area contributed by atoms with Crippen molar-refractivity contribution in [3.8, 4) is 11.5 Å². The van der Waals surface area contributed by atoms with E-state index in [1.54, 1.807) is 18.2 Å². The Morgan fingerprint density at radius 1 is 0.921 bits per heavy atom. The number of phenolic OH excluding ortho intramolecular Hbond substituents is 1. The van der Waals surface area contributed by atoms with Crippen LogP contribution in [-0.2, 0) is 11.2 Å². The van der Waals surface area contributed by atoms with Crippen molar-refractivity contribution < 1.29 is 20.1 Å². The van der Waals surface area contributed by atoms with Crippen molar-refractivity contribution in [2.24, 2.45) is 10.5 Å². The molecule has 0 fully saturated rings. The zero-order chi connectivity index (χ0) is 26.0. The van der Waals surface area contributed by atoms with Crippen LogP contribution in [0.3, 0.4) is 0 Å². The fourth-order valence-corrected chi connectivity index (χ4v) is 5.38. The molecule has 1 aliphatic rings. The van der Waals surface area contributed by atoms with Crippen molar-refractivity contribution >= 4 is 28.9 Å². The molecule has 2 atom stereocenters. The molecule has 0 aliphatic carbocycles. The van der Waals surface area contributed by atoms with E-state index >= 15 is 0 Å². The number of nitrogens with zero attached hydrogens (tertiary/aromatic N) is 2. The Labute approximate surface area is 227 Å². The molecule has 0 bridgehead atoms. The van der Waals surface area contributed by atoms with Gasteiger partial charge in [-0.05, 0) is 54.8 Å². The Morgan fingerprint density at radius 2 is 1.55 bits per heavy atom. The molecule has 38 heavy (non-hydrogen) atoms. The van der Waals surface area contributed by atoms with Crippen molar-refractivity contribution in [2.75, 3.05) is 12.1 Å². The zero-order valence-electron chi connectivity index (χ0n) is 21.1. The molecule has 4 aromatic carbocycles. The average molecular weight is 529 g/mol. The van der Waals surface area contributed by atoms with E-state index in [0.717, 1.165) is 11.1 Å². The van der Waals surface area contributed by atoms with Crippen LogP contribution < -0.4 is 9.75 Å². The van der Waals surface area contributed by atoms with Gasteiger partial charge >= 0.3 is 0 Å². The van der Waals surface area contributed by atoms with E-state index in [1.165, 1.54) is 12.1 Å². The summed E-state index contributed by atoms with van der Waals surface area (Å²) in [5.74, 6) is -0.408. The van der Waals surface area contributed by atoms with Gasteiger partial charge in [0.15, 0.2) is 11.5 Å². The van der Waals surface area contributed by atoms with Gasteiger partial charge in [0.1, 0.15) is 5.41 Å². The molecule has 0 saturated carbocycles. The molecular formula is C31H29ClN2O4. The minimum Gasteiger partial charge on any atom is -0.504 e. The summed E-state index contributed by atoms with van der Waals surface area (Å²) < 4.78 is 5.45. The molecule has 0 aromatic heterocycles. The number of hydrazone groups is 1. The standard InChI is InChI=1S/C31H27ClN2O3.H2O/c1-21-31(20-22-10-5-3-6-11-22,30(36)34(33-21)25-12-7-4-8-13-25)28(23-16-18-24(32)19-17-23)26-14-9-15-27(37-2)29(26)35;/h3-19,28,35H,20H2,1-2H3;1H2/t28-,31-;/m0./s1. The van der Waals surface area contributed by atoms with Crippen LogP contribution in [-0.4, -0.2) is 29.3 Å². The zero-order valence-corrected chi connectivity index (χ0v) is 21.9. The van der Waals surface area contributed by atoms with Crippen LogP contribution in [0.4, 0.5) is 5.69 Å². The molecule has 194 valence electrons. The van der Waals surface area contributed by atoms with Crippen LogP contribution in [0.25, 0.3) is 0 Å². The van der Waals surface area contributed by atoms with Gasteiger partial charge in [-0.25, -0.2) is 0 Å². The number of methoxy groups -OCH3 is 1. The first-order valence-corrected chi connectivity index (χ1v) is 12.4. The van der Waals surface area contributed by atoms with Gasteiger partial charge < -0.3 is 15.3 Å². The van der Waals surface area contributed by atoms with E-state index in [1.807, 2.05) is 91.9 Å². The monoisotopic (exact) mass is 528 g/mol. The van der Waals surface area contributed by atoms with Crippen LogP contribution in [0.2, 0.25) is 5.02 Å². The van der Waals surface area contributed by atoms with E-state index < -0.39 is 11.3 Å². The van der Waals surface area contributed by atoms with Crippen molar-refractivity contribution in [1.29, 1.82) is 0 Å². The summed E-state index contributed by atoms with van der Waals surface area (Å²) in [6.45, 7) is 1.89. The van der Waals surface area contributed by atoms with Gasteiger partial charge in [0.05, 0.1) is 18.5 Å². The first kappa shape index (κ1) is 26.9. The number of phenols is 1. The van der Waals surface area contributed by atoms with Gasteiger partial charge in [0, 0.05) is 16.5 Å². The predicted molar refractivity (Wildman–Crippen MR) is 151 cm³/mol. The molecule has 1 aliphatic heterocycles. The van der Waals surface area contributed by atoms with Crippen molar-refractivity contribution in [2.45, 2.75) is 19.3 Å². The summed E-state index contributed by atoms with van der Waals surface area (Å²) in [6.07, 6.45) is 0.384. The summed E-state index contributed by atoms with van der Waals surface area (Å²) in [7, 11) is 1.51. The van der Waals surface area contributed by atoms with E-state index in [0.29, 0.717) is 34.2 Å². The molecule has 7 heteroatoms. The van der Waals surface area contributed by atoms with Crippen LogP contribution >= 0.6 is 11.6 Å². The number of halogens is 1. The van der Waals surface area contributed by atoms with Crippen LogP contribution in [0.5, 0.6) is 11.5 Å². The number of rotatable bonds is 7. The number of hydrogen-bond donors (Lipinski definition) is 1. The number of aromatic hydroxyl groups is 1. The summed E-state index contributed by atoms with van der Waals surface area (Å²) >= 11 is 6.26. The average Bonchev–Trinajstić information content (AvgIpc) is 3.17. The largest absolute Gasteiger partial charge is 0.504 e. The minimum atomic E-state index is -1.13. The molecular weight excluding hydrogens is 500 g/mol. The maximum atomic E-state index is 14.6. The van der Waals surface area contributed by atoms with Gasteiger partial charge in [-0.3, -0.25) is 4.79 Å². The van der Waals surface area contributed by atoms with Gasteiger partial charge in [0.2, 0.25) is 0 Å². The van der Waals surface area contributed by atoms with Gasteiger partial charge in [-0.15, -0.1) is 0 Å². The van der Waals surface area contributed by atoms with Crippen LogP contribution in [0.1, 0.15) is 29.5 Å². The normalized spacial score (nSPS) is 17.5. The van der Waals surface area contributed by atoms with Crippen molar-refractivity contribution in [3.05, 3.63) is 125 Å². The number of hydrogen-bond acceptors (Lipinski definition) is 4. The molecule has 1 heterocycles. The van der Waals surface area contributed by atoms with Crippen molar-refractivity contribution in [1.82, 2.24) is 0 Å². The topological polar surface area (TPSA) is 93.6 Å². The Kier molecular flexibility index (Phi) is 7.86. The predicted octanol–water partition coefficient (Wildman–Crippen LogP) is 6.01. The first-order valence-electron chi connectivity index (χ1n) is 12.1. The third-order valence-electron chi connectivity index (χ3n) is 7.05. The first-order chi connectivity index (χ1) is 18.0. The highest BCUT2D eigenvalue weighted by Gasteiger charge is 2.56. The van der Waals surface area contributed by atoms with E-state index in [9.17, 15) is 9.90 Å². The molecule has 0 saturated heterocycles. The second-order valence-electron chi connectivity index (χ2n) is 9.15. The maximum absolute atomic E-state index is 14.6. The number of benzene rings is 4. The third kappa shape index (κ3) is 4.64. The number of ether oxygens (including phenoxy) is 1. The Bertz CT molecular complexity index is 1440. The number of para-hydroxylation sites is 2. The lowest BCUT2D eigenvalue weighted by Gasteiger charge is -2.37. The molecule has 0 unspecified atom stereocenters. The quantitative estimate of drug-likeness (QED) is 0.318. The lowest BCUT2D eigenvalue weighted by Crippen LogP contribution is -2.46. The second-order valence-corrected chi connectivity index (χ2v) is 9.59. The number of carbonyl (C=O) groups is 1. The molecule has 3 N–H and O–H groups in total. The molecule has 0 radical (unpaired) electrons. The molecule has 5 rings (SSSR count). The van der Waals surface area contributed by atoms with E-state index in [-0.39, 0.29) is 17.1 Å². The Hall–Kier alpha value is -4.13. The summed E-state index contributed by atoms with van der Waals surface area (Å²) in [4.78, 5) is 14.6. The van der Waals surface area contributed by atoms with Crippen LogP contribution in [0, 0.1) is 5.41 Å². The maximum Gasteiger partial charge on any atom is 0.260 e. The Balaban J connectivity index is 0.00000336. The molecule has 0 spiro atoms. The van der Waals surface area contributed by atoms with Crippen LogP contribution in [0.15, 0.2) is 108 Å². The SMILES string of the molecule is COc1cccc([C@H](c2ccc(Cl)cc2)[C@@]2(Cc3ccccc3)C(=O)N(c3ccccc3)N=C2C)c1O.O. The van der Waals surface area contributed by atoms with Gasteiger partial charge in [0.25, 0.3) is 5.91 Å². The molecule has 4 aromatic rings. The molecule has 1 amide bonds. The second kappa shape index (κ2) is 11.1. The minimum absolute atomic E-state index is 0. The highest BCUT2D eigenvalue weighted by atomic mass is 35.5. The fraction of sp³-hybridized carbons (Fsp3) is 0.161. The smallest absolute Gasteiger partial charge is 0.260 e. The highest BCUT2D eigenvalue weighted by Crippen LogP contribution is 2.52. The lowest BCUT2D eigenvalue weighted by atomic mass is 9.63. The van der Waals surface area contributed by atoms with Crippen molar-refractivity contribution in [3.63, 3.8) is 0 Å². The highest BCUT2D eigenvalue weighted by molar-refractivity contribution is 6.30. The third-order valence-corrected chi connectivity index (χ3v) is 7.31. The molecule has 6 nitrogen and oxygen atoms in total. The lowest BCUT2D eigenvalue weighted by molar-refractivity contribution is -0.124. The number of anilines is 1. The van der Waals surface area contributed by atoms with Gasteiger partial charge in [-0.2, -0.15) is 10.1 Å². The fourth-order valence-electron chi connectivity index (χ4n) is 5.25. The van der Waals surface area contributed by atoms with Gasteiger partial charge in [-0.1, -0.05) is 84.4 Å². The summed E-state index contributed by atoms with van der Waals surface area (Å²) in [5, 5.41) is 18.2. The summed E-state index contributed by atoms with van der Waals surface area (Å²) in [6, 6.07) is 32.1. The Morgan fingerprint density at radius 3 is 2.18 bits per heavy atom. The van der Waals surface area contributed by atoms with E-state index in [2.05, 4.69) is 0 Å². The van der Waals surface area contributed by atoms with E-state index in [4.69, 9.17) is 21.4 Å².